The van der Waals surface area contributed by atoms with Crippen LogP contribution in [0.5, 0.6) is 0 Å². The van der Waals surface area contributed by atoms with Crippen molar-refractivity contribution in [3.05, 3.63) is 52.2 Å². The first-order valence-electron chi connectivity index (χ1n) is 6.83. The molecule has 0 bridgehead atoms. The summed E-state index contributed by atoms with van der Waals surface area (Å²) in [5.41, 5.74) is 2.69. The molecule has 1 aromatic carbocycles. The fourth-order valence-electron chi connectivity index (χ4n) is 2.46. The van der Waals surface area contributed by atoms with Crippen molar-refractivity contribution in [1.82, 2.24) is 15.2 Å². The normalized spacial score (nSPS) is 17.8. The molecule has 1 saturated heterocycles. The minimum absolute atomic E-state index is 0.0483. The van der Waals surface area contributed by atoms with Crippen molar-refractivity contribution in [2.45, 2.75) is 19.0 Å². The summed E-state index contributed by atoms with van der Waals surface area (Å²) in [5.74, 6) is -0.642. The first-order valence-corrected chi connectivity index (χ1v) is 7.77. The van der Waals surface area contributed by atoms with Crippen LogP contribution in [0.3, 0.4) is 0 Å². The SMILES string of the molecule is O=C(NC1CC(=O)N(Cc2cccc(F)c2)C1)c1cscn1. The summed E-state index contributed by atoms with van der Waals surface area (Å²) in [5, 5.41) is 4.47. The van der Waals surface area contributed by atoms with Gasteiger partial charge in [0.2, 0.25) is 5.91 Å². The fraction of sp³-hybridized carbons (Fsp3) is 0.267. The largest absolute Gasteiger partial charge is 0.346 e. The zero-order valence-electron chi connectivity index (χ0n) is 11.7. The molecule has 7 heteroatoms. The highest BCUT2D eigenvalue weighted by atomic mass is 32.1. The lowest BCUT2D eigenvalue weighted by Gasteiger charge is -2.17. The predicted molar refractivity (Wildman–Crippen MR) is 79.8 cm³/mol. The molecular weight excluding hydrogens is 305 g/mol. The van der Waals surface area contributed by atoms with Gasteiger partial charge >= 0.3 is 0 Å². The highest BCUT2D eigenvalue weighted by Gasteiger charge is 2.31. The topological polar surface area (TPSA) is 62.3 Å². The Labute approximate surface area is 130 Å². The summed E-state index contributed by atoms with van der Waals surface area (Å²) in [7, 11) is 0. The highest BCUT2D eigenvalue weighted by Crippen LogP contribution is 2.16. The number of aromatic nitrogens is 1. The smallest absolute Gasteiger partial charge is 0.271 e. The van der Waals surface area contributed by atoms with Crippen molar-refractivity contribution in [3.63, 3.8) is 0 Å². The molecule has 2 aromatic rings. The van der Waals surface area contributed by atoms with Crippen LogP contribution in [-0.4, -0.2) is 34.3 Å². The van der Waals surface area contributed by atoms with Crippen LogP contribution < -0.4 is 5.32 Å². The Balaban J connectivity index is 1.60. The highest BCUT2D eigenvalue weighted by molar-refractivity contribution is 7.07. The van der Waals surface area contributed by atoms with Gasteiger partial charge in [0.25, 0.3) is 5.91 Å². The van der Waals surface area contributed by atoms with Crippen LogP contribution in [0.4, 0.5) is 4.39 Å². The third-order valence-electron chi connectivity index (χ3n) is 3.48. The molecule has 22 heavy (non-hydrogen) atoms. The maximum Gasteiger partial charge on any atom is 0.271 e. The third-order valence-corrected chi connectivity index (χ3v) is 4.06. The number of carbonyl (C=O) groups is 2. The van der Waals surface area contributed by atoms with Crippen molar-refractivity contribution in [2.24, 2.45) is 0 Å². The van der Waals surface area contributed by atoms with Crippen LogP contribution in [0.1, 0.15) is 22.5 Å². The van der Waals surface area contributed by atoms with Gasteiger partial charge in [0, 0.05) is 24.9 Å². The predicted octanol–water partition coefficient (Wildman–Crippen LogP) is 1.81. The molecular formula is C15H14FN3O2S. The molecule has 1 unspecified atom stereocenters. The zero-order chi connectivity index (χ0) is 15.5. The molecule has 1 aromatic heterocycles. The van der Waals surface area contributed by atoms with E-state index in [0.29, 0.717) is 18.8 Å². The van der Waals surface area contributed by atoms with Gasteiger partial charge in [-0.15, -0.1) is 11.3 Å². The number of likely N-dealkylation sites (tertiary alicyclic amines) is 1. The van der Waals surface area contributed by atoms with Crippen molar-refractivity contribution in [3.8, 4) is 0 Å². The zero-order valence-corrected chi connectivity index (χ0v) is 12.5. The minimum atomic E-state index is -0.322. The monoisotopic (exact) mass is 319 g/mol. The summed E-state index contributed by atoms with van der Waals surface area (Å²) in [6.07, 6.45) is 0.255. The maximum absolute atomic E-state index is 13.2. The molecule has 2 amide bonds. The molecule has 1 aliphatic heterocycles. The molecule has 1 atom stereocenters. The average Bonchev–Trinajstić information content (AvgIpc) is 3.10. The number of hydrogen-bond donors (Lipinski definition) is 1. The van der Waals surface area contributed by atoms with Gasteiger partial charge < -0.3 is 10.2 Å². The second-order valence-electron chi connectivity index (χ2n) is 5.15. The lowest BCUT2D eigenvalue weighted by molar-refractivity contribution is -0.128. The number of carbonyl (C=O) groups excluding carboxylic acids is 2. The van der Waals surface area contributed by atoms with Crippen LogP contribution >= 0.6 is 11.3 Å². The molecule has 1 fully saturated rings. The Bertz CT molecular complexity index is 690. The van der Waals surface area contributed by atoms with E-state index in [-0.39, 0.29) is 30.1 Å². The lowest BCUT2D eigenvalue weighted by atomic mass is 10.2. The van der Waals surface area contributed by atoms with Crippen molar-refractivity contribution >= 4 is 23.2 Å². The molecule has 5 nitrogen and oxygen atoms in total. The Kier molecular flexibility index (Phi) is 4.15. The van der Waals surface area contributed by atoms with Gasteiger partial charge in [-0.25, -0.2) is 9.37 Å². The first-order chi connectivity index (χ1) is 10.6. The average molecular weight is 319 g/mol. The molecule has 0 aliphatic carbocycles. The van der Waals surface area contributed by atoms with Gasteiger partial charge in [-0.3, -0.25) is 9.59 Å². The van der Waals surface area contributed by atoms with Crippen LogP contribution in [0.15, 0.2) is 35.2 Å². The van der Waals surface area contributed by atoms with Gasteiger partial charge in [0.05, 0.1) is 11.6 Å². The number of thiazole rings is 1. The Morgan fingerprint density at radius 1 is 1.50 bits per heavy atom. The Hall–Kier alpha value is -2.28. The standard InChI is InChI=1S/C15H14FN3O2S/c16-11-3-1-2-10(4-11)6-19-7-12(5-14(19)20)18-15(21)13-8-22-9-17-13/h1-4,8-9,12H,5-7H2,(H,18,21). The molecule has 1 aliphatic rings. The van der Waals surface area contributed by atoms with Gasteiger partial charge in [-0.1, -0.05) is 12.1 Å². The van der Waals surface area contributed by atoms with Crippen molar-refractivity contribution in [2.75, 3.05) is 6.54 Å². The van der Waals surface area contributed by atoms with Gasteiger partial charge in [0.1, 0.15) is 11.5 Å². The number of hydrogen-bond acceptors (Lipinski definition) is 4. The Morgan fingerprint density at radius 3 is 3.09 bits per heavy atom. The second kappa shape index (κ2) is 6.23. The van der Waals surface area contributed by atoms with E-state index < -0.39 is 0 Å². The molecule has 0 radical (unpaired) electrons. The number of nitrogens with zero attached hydrogens (tertiary/aromatic N) is 2. The lowest BCUT2D eigenvalue weighted by Crippen LogP contribution is -2.37. The summed E-state index contributed by atoms with van der Waals surface area (Å²) < 4.78 is 13.2. The molecule has 2 heterocycles. The summed E-state index contributed by atoms with van der Waals surface area (Å²) in [4.78, 5) is 29.5. The van der Waals surface area contributed by atoms with Crippen LogP contribution in [0.2, 0.25) is 0 Å². The van der Waals surface area contributed by atoms with E-state index in [1.807, 2.05) is 0 Å². The molecule has 3 rings (SSSR count). The fourth-order valence-corrected chi connectivity index (χ4v) is 2.99. The van der Waals surface area contributed by atoms with Crippen LogP contribution in [0, 0.1) is 5.82 Å². The summed E-state index contributed by atoms with van der Waals surface area (Å²) in [6, 6.07) is 5.93. The third kappa shape index (κ3) is 3.30. The quantitative estimate of drug-likeness (QED) is 0.935. The van der Waals surface area contributed by atoms with E-state index in [2.05, 4.69) is 10.3 Å². The molecule has 114 valence electrons. The first kappa shape index (κ1) is 14.6. The van der Waals surface area contributed by atoms with E-state index in [0.717, 1.165) is 5.56 Å². The van der Waals surface area contributed by atoms with E-state index in [4.69, 9.17) is 0 Å². The molecule has 0 spiro atoms. The van der Waals surface area contributed by atoms with E-state index >= 15 is 0 Å². The Morgan fingerprint density at radius 2 is 2.36 bits per heavy atom. The molecule has 1 N–H and O–H groups in total. The van der Waals surface area contributed by atoms with Crippen molar-refractivity contribution in [1.29, 1.82) is 0 Å². The van der Waals surface area contributed by atoms with Crippen LogP contribution in [0.25, 0.3) is 0 Å². The van der Waals surface area contributed by atoms with Crippen molar-refractivity contribution < 1.29 is 14.0 Å². The van der Waals surface area contributed by atoms with E-state index in [1.165, 1.54) is 23.5 Å². The van der Waals surface area contributed by atoms with Crippen LogP contribution in [-0.2, 0) is 11.3 Å². The summed E-state index contributed by atoms with van der Waals surface area (Å²) in [6.45, 7) is 0.769. The van der Waals surface area contributed by atoms with E-state index in [9.17, 15) is 14.0 Å². The van der Waals surface area contributed by atoms with Gasteiger partial charge in [-0.05, 0) is 17.7 Å². The number of rotatable bonds is 4. The number of amides is 2. The van der Waals surface area contributed by atoms with Gasteiger partial charge in [0.15, 0.2) is 0 Å². The maximum atomic E-state index is 13.2. The summed E-state index contributed by atoms with van der Waals surface area (Å²) >= 11 is 1.35. The minimum Gasteiger partial charge on any atom is -0.346 e. The number of nitrogens with one attached hydrogen (secondary N) is 1. The number of benzene rings is 1. The molecule has 0 saturated carbocycles. The van der Waals surface area contributed by atoms with Gasteiger partial charge in [-0.2, -0.15) is 0 Å². The number of halogens is 1. The van der Waals surface area contributed by atoms with E-state index in [1.54, 1.807) is 27.9 Å². The second-order valence-corrected chi connectivity index (χ2v) is 5.87.